The Morgan fingerprint density at radius 3 is 2.29 bits per heavy atom. The third-order valence-corrected chi connectivity index (χ3v) is 10.4. The Balaban J connectivity index is 1.33. The molecule has 2 bridgehead atoms. The van der Waals surface area contributed by atoms with Gasteiger partial charge in [0.2, 0.25) is 5.91 Å². The molecule has 0 aliphatic heterocycles. The fourth-order valence-corrected chi connectivity index (χ4v) is 7.42. The monoisotopic (exact) mass is 576 g/mol. The van der Waals surface area contributed by atoms with Crippen molar-refractivity contribution in [3.05, 3.63) is 23.3 Å². The number of fused-ring (bicyclic) bond motifs is 2. The van der Waals surface area contributed by atoms with Gasteiger partial charge in [-0.3, -0.25) is 14.4 Å². The van der Waals surface area contributed by atoms with Crippen molar-refractivity contribution >= 4 is 17.8 Å². The molecule has 8 nitrogen and oxygen atoms in total. The van der Waals surface area contributed by atoms with E-state index in [4.69, 9.17) is 9.47 Å². The number of nitrogens with one attached hydrogen (secondary N) is 2. The number of benzene rings is 1. The zero-order valence-electron chi connectivity index (χ0n) is 24.1. The number of hydrogen-bond donors (Lipinski definition) is 3. The summed E-state index contributed by atoms with van der Waals surface area (Å²) >= 11 is 0. The van der Waals surface area contributed by atoms with Gasteiger partial charge in [0.15, 0.2) is 0 Å². The van der Waals surface area contributed by atoms with Crippen LogP contribution in [0.15, 0.2) is 12.1 Å². The first kappa shape index (κ1) is 29.6. The van der Waals surface area contributed by atoms with Gasteiger partial charge < -0.3 is 25.2 Å². The molecular formula is C31H42F2N2O6. The minimum Gasteiger partial charge on any atom is -0.496 e. The summed E-state index contributed by atoms with van der Waals surface area (Å²) in [6.45, 7) is 4.50. The zero-order chi connectivity index (χ0) is 29.5. The first-order valence-electron chi connectivity index (χ1n) is 14.9. The largest absolute Gasteiger partial charge is 0.496 e. The SMILES string of the molecule is COc1cc(C(F)F)c(OC2CCC(C)(C(=O)O)CC2)cc1C(=O)N[C@@H]1[C@H]2CC[C@H](C2)[C@@H]1C(=O)NCC1(C)CCC1. The van der Waals surface area contributed by atoms with Gasteiger partial charge in [0.05, 0.1) is 35.7 Å². The number of rotatable bonds is 10. The summed E-state index contributed by atoms with van der Waals surface area (Å²) in [5.74, 6) is -1.41. The van der Waals surface area contributed by atoms with E-state index in [1.807, 2.05) is 0 Å². The molecule has 0 heterocycles. The molecule has 1 aromatic carbocycles. The summed E-state index contributed by atoms with van der Waals surface area (Å²) in [7, 11) is 1.32. The third kappa shape index (κ3) is 5.89. The van der Waals surface area contributed by atoms with Gasteiger partial charge in [-0.25, -0.2) is 8.78 Å². The van der Waals surface area contributed by atoms with Gasteiger partial charge in [-0.2, -0.15) is 0 Å². The summed E-state index contributed by atoms with van der Waals surface area (Å²) in [5, 5.41) is 15.7. The molecule has 0 aromatic heterocycles. The van der Waals surface area contributed by atoms with E-state index in [1.165, 1.54) is 19.6 Å². The molecule has 0 saturated heterocycles. The maximum Gasteiger partial charge on any atom is 0.309 e. The van der Waals surface area contributed by atoms with Crippen molar-refractivity contribution in [3.8, 4) is 11.5 Å². The van der Waals surface area contributed by atoms with E-state index >= 15 is 0 Å². The molecule has 41 heavy (non-hydrogen) atoms. The zero-order valence-corrected chi connectivity index (χ0v) is 24.1. The molecule has 0 spiro atoms. The number of carboxylic acid groups (broad SMARTS) is 1. The number of hydrogen-bond acceptors (Lipinski definition) is 5. The van der Waals surface area contributed by atoms with E-state index in [1.54, 1.807) is 6.92 Å². The van der Waals surface area contributed by atoms with Crippen molar-refractivity contribution in [1.29, 1.82) is 0 Å². The van der Waals surface area contributed by atoms with Crippen LogP contribution in [0.3, 0.4) is 0 Å². The van der Waals surface area contributed by atoms with Crippen LogP contribution in [0, 0.1) is 28.6 Å². The molecule has 2 amide bonds. The van der Waals surface area contributed by atoms with Crippen LogP contribution < -0.4 is 20.1 Å². The molecule has 226 valence electrons. The lowest BCUT2D eigenvalue weighted by molar-refractivity contribution is -0.150. The third-order valence-electron chi connectivity index (χ3n) is 10.4. The van der Waals surface area contributed by atoms with E-state index in [-0.39, 0.29) is 57.7 Å². The summed E-state index contributed by atoms with van der Waals surface area (Å²) in [5.41, 5.74) is -1.03. The fourth-order valence-electron chi connectivity index (χ4n) is 7.42. The van der Waals surface area contributed by atoms with Crippen molar-refractivity contribution in [1.82, 2.24) is 10.6 Å². The molecule has 5 rings (SSSR count). The molecule has 10 heteroatoms. The minimum atomic E-state index is -2.86. The van der Waals surface area contributed by atoms with E-state index in [0.717, 1.165) is 38.2 Å². The normalized spacial score (nSPS) is 31.8. The Morgan fingerprint density at radius 2 is 1.71 bits per heavy atom. The number of aliphatic carboxylic acids is 1. The molecule has 4 aliphatic carbocycles. The van der Waals surface area contributed by atoms with Crippen molar-refractivity contribution in [2.75, 3.05) is 13.7 Å². The average molecular weight is 577 g/mol. The number of alkyl halides is 2. The molecule has 0 unspecified atom stereocenters. The highest BCUT2D eigenvalue weighted by molar-refractivity contribution is 5.98. The lowest BCUT2D eigenvalue weighted by Crippen LogP contribution is -2.51. The maximum absolute atomic E-state index is 14.1. The van der Waals surface area contributed by atoms with Crippen LogP contribution in [0.25, 0.3) is 0 Å². The first-order chi connectivity index (χ1) is 19.4. The van der Waals surface area contributed by atoms with Gasteiger partial charge in [0.1, 0.15) is 11.5 Å². The smallest absolute Gasteiger partial charge is 0.309 e. The van der Waals surface area contributed by atoms with E-state index in [0.29, 0.717) is 32.2 Å². The van der Waals surface area contributed by atoms with Crippen molar-refractivity contribution in [2.24, 2.45) is 28.6 Å². The summed E-state index contributed by atoms with van der Waals surface area (Å²) in [6, 6.07) is 2.11. The van der Waals surface area contributed by atoms with E-state index in [9.17, 15) is 28.3 Å². The Hall–Kier alpha value is -2.91. The highest BCUT2D eigenvalue weighted by Gasteiger charge is 2.52. The molecule has 0 radical (unpaired) electrons. The number of carboxylic acids is 1. The summed E-state index contributed by atoms with van der Waals surface area (Å²) < 4.78 is 39.5. The Morgan fingerprint density at radius 1 is 1.02 bits per heavy atom. The van der Waals surface area contributed by atoms with Gasteiger partial charge in [0, 0.05) is 12.6 Å². The van der Waals surface area contributed by atoms with E-state index < -0.39 is 29.8 Å². The van der Waals surface area contributed by atoms with Crippen LogP contribution >= 0.6 is 0 Å². The number of methoxy groups -OCH3 is 1. The highest BCUT2D eigenvalue weighted by atomic mass is 19.3. The van der Waals surface area contributed by atoms with Gasteiger partial charge in [0.25, 0.3) is 12.3 Å². The van der Waals surface area contributed by atoms with Gasteiger partial charge in [-0.15, -0.1) is 0 Å². The second-order valence-electron chi connectivity index (χ2n) is 13.3. The molecule has 3 N–H and O–H groups in total. The van der Waals surface area contributed by atoms with Crippen LogP contribution in [0.5, 0.6) is 11.5 Å². The summed E-state index contributed by atoms with van der Waals surface area (Å²) in [4.78, 5) is 38.6. The number of halogens is 2. The topological polar surface area (TPSA) is 114 Å². The molecular weight excluding hydrogens is 534 g/mol. The lowest BCUT2D eigenvalue weighted by atomic mass is 9.70. The van der Waals surface area contributed by atoms with Crippen LogP contribution in [-0.2, 0) is 9.59 Å². The van der Waals surface area contributed by atoms with Crippen LogP contribution in [0.4, 0.5) is 8.78 Å². The Bertz CT molecular complexity index is 1180. The van der Waals surface area contributed by atoms with Crippen LogP contribution in [0.1, 0.15) is 100 Å². The predicted molar refractivity (Wildman–Crippen MR) is 147 cm³/mol. The average Bonchev–Trinajstić information content (AvgIpc) is 3.53. The lowest BCUT2D eigenvalue weighted by Gasteiger charge is -2.39. The predicted octanol–water partition coefficient (Wildman–Crippen LogP) is 5.50. The molecule has 4 fully saturated rings. The molecule has 4 atom stereocenters. The standard InChI is InChI=1S/C31H42F2N2O6/c1-30(9-4-10-30)16-34-28(37)24-17-5-6-18(13-17)25(24)35-27(36)21-15-23(20(26(32)33)14-22(21)40-3)41-19-7-11-31(2,12-8-19)29(38)39/h14-15,17-19,24-26H,4-13,16H2,1-3H3,(H,34,37)(H,35,36)(H,38,39)/t17-,18+,19?,24+,25-,31?/m1/s1. The van der Waals surface area contributed by atoms with Crippen LogP contribution in [0.2, 0.25) is 0 Å². The number of carbonyl (C=O) groups is 3. The molecule has 1 aromatic rings. The van der Waals surface area contributed by atoms with Crippen LogP contribution in [-0.4, -0.2) is 48.7 Å². The van der Waals surface area contributed by atoms with Crippen molar-refractivity contribution in [2.45, 2.75) is 96.6 Å². The molecule has 4 aliphatic rings. The Kier molecular flexibility index (Phi) is 8.23. The molecule has 4 saturated carbocycles. The fraction of sp³-hybridized carbons (Fsp3) is 0.710. The quantitative estimate of drug-likeness (QED) is 0.339. The van der Waals surface area contributed by atoms with E-state index in [2.05, 4.69) is 17.6 Å². The Labute approximate surface area is 239 Å². The van der Waals surface area contributed by atoms with Crippen molar-refractivity contribution in [3.63, 3.8) is 0 Å². The number of carbonyl (C=O) groups excluding carboxylic acids is 2. The van der Waals surface area contributed by atoms with Gasteiger partial charge in [-0.1, -0.05) is 13.3 Å². The first-order valence-corrected chi connectivity index (χ1v) is 14.9. The highest BCUT2D eigenvalue weighted by Crippen LogP contribution is 2.49. The van der Waals surface area contributed by atoms with Gasteiger partial charge in [-0.05, 0) is 94.1 Å². The second-order valence-corrected chi connectivity index (χ2v) is 13.3. The minimum absolute atomic E-state index is 0.00862. The number of amides is 2. The second kappa shape index (κ2) is 11.4. The summed E-state index contributed by atoms with van der Waals surface area (Å²) in [6.07, 6.45) is 4.39. The number of ether oxygens (including phenoxy) is 2. The van der Waals surface area contributed by atoms with Crippen molar-refractivity contribution < 1.29 is 37.7 Å². The van der Waals surface area contributed by atoms with Gasteiger partial charge >= 0.3 is 5.97 Å². The maximum atomic E-state index is 14.1.